The SMILES string of the molecule is CC(CNc1ccc(-n2cnnn2)cc1)c1ccccc1. The van der Waals surface area contributed by atoms with Crippen molar-refractivity contribution in [1.82, 2.24) is 20.2 Å². The Hall–Kier alpha value is -2.69. The standard InChI is InChI=1S/C16H17N5/c1-13(14-5-3-2-4-6-14)11-17-15-7-9-16(10-8-15)21-12-18-19-20-21/h2-10,12-13,17H,11H2,1H3. The zero-order valence-corrected chi connectivity index (χ0v) is 11.8. The van der Waals surface area contributed by atoms with E-state index >= 15 is 0 Å². The molecule has 1 aromatic heterocycles. The summed E-state index contributed by atoms with van der Waals surface area (Å²) in [6.45, 7) is 3.12. The summed E-state index contributed by atoms with van der Waals surface area (Å²) >= 11 is 0. The third-order valence-corrected chi connectivity index (χ3v) is 3.46. The summed E-state index contributed by atoms with van der Waals surface area (Å²) in [5.41, 5.74) is 3.38. The lowest BCUT2D eigenvalue weighted by Crippen LogP contribution is -2.09. The van der Waals surface area contributed by atoms with E-state index in [2.05, 4.69) is 52.0 Å². The predicted octanol–water partition coefficient (Wildman–Crippen LogP) is 2.88. The van der Waals surface area contributed by atoms with Gasteiger partial charge in [0, 0.05) is 12.2 Å². The van der Waals surface area contributed by atoms with Gasteiger partial charge in [-0.2, -0.15) is 0 Å². The topological polar surface area (TPSA) is 55.6 Å². The molecule has 106 valence electrons. The predicted molar refractivity (Wildman–Crippen MR) is 82.5 cm³/mol. The van der Waals surface area contributed by atoms with Gasteiger partial charge in [-0.25, -0.2) is 4.68 Å². The summed E-state index contributed by atoms with van der Waals surface area (Å²) in [6, 6.07) is 18.6. The zero-order chi connectivity index (χ0) is 14.5. The molecule has 1 heterocycles. The molecule has 0 amide bonds. The second-order valence-electron chi connectivity index (χ2n) is 4.99. The molecule has 1 N–H and O–H groups in total. The van der Waals surface area contributed by atoms with Crippen LogP contribution in [0.2, 0.25) is 0 Å². The second-order valence-corrected chi connectivity index (χ2v) is 4.99. The lowest BCUT2D eigenvalue weighted by Gasteiger charge is -2.14. The fourth-order valence-corrected chi connectivity index (χ4v) is 2.18. The Morgan fingerprint density at radius 3 is 2.48 bits per heavy atom. The van der Waals surface area contributed by atoms with Crippen LogP contribution in [-0.2, 0) is 0 Å². The molecule has 0 saturated carbocycles. The van der Waals surface area contributed by atoms with E-state index in [-0.39, 0.29) is 0 Å². The first-order valence-corrected chi connectivity index (χ1v) is 6.95. The highest BCUT2D eigenvalue weighted by Crippen LogP contribution is 2.17. The molecule has 0 radical (unpaired) electrons. The van der Waals surface area contributed by atoms with Crippen molar-refractivity contribution in [3.05, 3.63) is 66.5 Å². The van der Waals surface area contributed by atoms with E-state index in [1.165, 1.54) is 5.56 Å². The average molecular weight is 279 g/mol. The molecule has 1 unspecified atom stereocenters. The van der Waals surface area contributed by atoms with Crippen molar-refractivity contribution in [2.24, 2.45) is 0 Å². The number of aromatic nitrogens is 4. The molecule has 0 spiro atoms. The van der Waals surface area contributed by atoms with Crippen LogP contribution in [0.15, 0.2) is 60.9 Å². The number of benzene rings is 2. The maximum atomic E-state index is 3.87. The van der Waals surface area contributed by atoms with Gasteiger partial charge in [0.1, 0.15) is 6.33 Å². The average Bonchev–Trinajstić information content (AvgIpc) is 3.08. The van der Waals surface area contributed by atoms with E-state index in [0.717, 1.165) is 17.9 Å². The Labute approximate surface area is 123 Å². The molecule has 3 aromatic rings. The van der Waals surface area contributed by atoms with E-state index in [4.69, 9.17) is 0 Å². The number of anilines is 1. The van der Waals surface area contributed by atoms with Gasteiger partial charge in [-0.1, -0.05) is 37.3 Å². The molecule has 21 heavy (non-hydrogen) atoms. The first kappa shape index (κ1) is 13.3. The minimum atomic E-state index is 0.463. The highest BCUT2D eigenvalue weighted by molar-refractivity contribution is 5.48. The van der Waals surface area contributed by atoms with Gasteiger partial charge < -0.3 is 5.32 Å². The maximum absolute atomic E-state index is 3.87. The summed E-state index contributed by atoms with van der Waals surface area (Å²) in [5.74, 6) is 0.463. The minimum Gasteiger partial charge on any atom is -0.384 e. The largest absolute Gasteiger partial charge is 0.384 e. The fourth-order valence-electron chi connectivity index (χ4n) is 2.18. The number of tetrazole rings is 1. The number of nitrogens with zero attached hydrogens (tertiary/aromatic N) is 4. The van der Waals surface area contributed by atoms with Crippen LogP contribution in [0.4, 0.5) is 5.69 Å². The zero-order valence-electron chi connectivity index (χ0n) is 11.8. The Kier molecular flexibility index (Phi) is 3.91. The van der Waals surface area contributed by atoms with Crippen LogP contribution in [0.5, 0.6) is 0 Å². The van der Waals surface area contributed by atoms with Crippen molar-refractivity contribution in [2.75, 3.05) is 11.9 Å². The highest BCUT2D eigenvalue weighted by Gasteiger charge is 2.04. The van der Waals surface area contributed by atoms with Crippen molar-refractivity contribution in [2.45, 2.75) is 12.8 Å². The van der Waals surface area contributed by atoms with Crippen LogP contribution >= 0.6 is 0 Å². The molecular weight excluding hydrogens is 262 g/mol. The minimum absolute atomic E-state index is 0.463. The molecule has 0 fully saturated rings. The fraction of sp³-hybridized carbons (Fsp3) is 0.188. The van der Waals surface area contributed by atoms with Crippen molar-refractivity contribution < 1.29 is 0 Å². The Morgan fingerprint density at radius 2 is 1.81 bits per heavy atom. The molecule has 0 aliphatic carbocycles. The first-order valence-electron chi connectivity index (χ1n) is 6.95. The quantitative estimate of drug-likeness (QED) is 0.780. The lowest BCUT2D eigenvalue weighted by molar-refractivity contribution is 0.788. The number of rotatable bonds is 5. The van der Waals surface area contributed by atoms with E-state index in [1.807, 2.05) is 30.3 Å². The Balaban J connectivity index is 1.61. The molecule has 2 aromatic carbocycles. The molecule has 5 heteroatoms. The first-order chi connectivity index (χ1) is 10.3. The van der Waals surface area contributed by atoms with E-state index in [9.17, 15) is 0 Å². The van der Waals surface area contributed by atoms with Gasteiger partial charge in [0.05, 0.1) is 5.69 Å². The summed E-state index contributed by atoms with van der Waals surface area (Å²) < 4.78 is 1.64. The smallest absolute Gasteiger partial charge is 0.143 e. The molecule has 0 bridgehead atoms. The van der Waals surface area contributed by atoms with Gasteiger partial charge >= 0.3 is 0 Å². The van der Waals surface area contributed by atoms with Gasteiger partial charge in [0.2, 0.25) is 0 Å². The van der Waals surface area contributed by atoms with Gasteiger partial charge in [-0.05, 0) is 46.2 Å². The van der Waals surface area contributed by atoms with Gasteiger partial charge in [0.15, 0.2) is 0 Å². The van der Waals surface area contributed by atoms with Crippen molar-refractivity contribution in [1.29, 1.82) is 0 Å². The molecule has 0 aliphatic rings. The van der Waals surface area contributed by atoms with Crippen LogP contribution < -0.4 is 5.32 Å². The van der Waals surface area contributed by atoms with Crippen molar-refractivity contribution in [3.8, 4) is 5.69 Å². The van der Waals surface area contributed by atoms with Crippen molar-refractivity contribution >= 4 is 5.69 Å². The summed E-state index contributed by atoms with van der Waals surface area (Å²) in [7, 11) is 0. The normalized spacial score (nSPS) is 12.0. The van der Waals surface area contributed by atoms with Crippen LogP contribution in [0.3, 0.4) is 0 Å². The second kappa shape index (κ2) is 6.17. The molecule has 3 rings (SSSR count). The lowest BCUT2D eigenvalue weighted by atomic mass is 10.0. The third kappa shape index (κ3) is 3.25. The molecule has 0 saturated heterocycles. The van der Waals surface area contributed by atoms with Crippen LogP contribution in [0.1, 0.15) is 18.4 Å². The van der Waals surface area contributed by atoms with Crippen LogP contribution in [-0.4, -0.2) is 26.8 Å². The molecule has 1 atom stereocenters. The van der Waals surface area contributed by atoms with E-state index in [1.54, 1.807) is 11.0 Å². The van der Waals surface area contributed by atoms with Crippen LogP contribution in [0, 0.1) is 0 Å². The van der Waals surface area contributed by atoms with E-state index in [0.29, 0.717) is 5.92 Å². The van der Waals surface area contributed by atoms with Crippen molar-refractivity contribution in [3.63, 3.8) is 0 Å². The number of hydrogen-bond acceptors (Lipinski definition) is 4. The van der Waals surface area contributed by atoms with Gasteiger partial charge in [-0.3, -0.25) is 0 Å². The maximum Gasteiger partial charge on any atom is 0.143 e. The summed E-state index contributed by atoms with van der Waals surface area (Å²) in [5, 5.41) is 14.6. The van der Waals surface area contributed by atoms with Gasteiger partial charge in [0.25, 0.3) is 0 Å². The third-order valence-electron chi connectivity index (χ3n) is 3.46. The van der Waals surface area contributed by atoms with Crippen LogP contribution in [0.25, 0.3) is 5.69 Å². The monoisotopic (exact) mass is 279 g/mol. The summed E-state index contributed by atoms with van der Waals surface area (Å²) in [4.78, 5) is 0. The van der Waals surface area contributed by atoms with Gasteiger partial charge in [-0.15, -0.1) is 5.10 Å². The number of nitrogens with one attached hydrogen (secondary N) is 1. The summed E-state index contributed by atoms with van der Waals surface area (Å²) in [6.07, 6.45) is 1.58. The number of hydrogen-bond donors (Lipinski definition) is 1. The molecular formula is C16H17N5. The molecule has 0 aliphatic heterocycles. The molecule has 5 nitrogen and oxygen atoms in total. The van der Waals surface area contributed by atoms with E-state index < -0.39 is 0 Å². The Bertz CT molecular complexity index is 662. The highest BCUT2D eigenvalue weighted by atomic mass is 15.5. The Morgan fingerprint density at radius 1 is 1.05 bits per heavy atom.